The first-order chi connectivity index (χ1) is 7.75. The minimum atomic E-state index is 0.891. The molecule has 0 fully saturated rings. The van der Waals surface area contributed by atoms with Crippen LogP contribution in [0.25, 0.3) is 0 Å². The summed E-state index contributed by atoms with van der Waals surface area (Å²) in [7, 11) is 0. The first-order valence-electron chi connectivity index (χ1n) is 5.09. The van der Waals surface area contributed by atoms with Crippen LogP contribution in [0.5, 0.6) is 0 Å². The third-order valence-corrected chi connectivity index (χ3v) is 3.96. The zero-order valence-electron chi connectivity index (χ0n) is 9.03. The summed E-state index contributed by atoms with van der Waals surface area (Å²) in [5, 5.41) is 5.59. The standard InChI is InChI=1S/C12H13BrN2S/c1-9-5-14-3-2-11(9)7-15-6-10-4-12(13)16-8-10/h2-5,8,15H,6-7H2,1H3. The molecule has 16 heavy (non-hydrogen) atoms. The fraction of sp³-hybridized carbons (Fsp3) is 0.250. The molecule has 0 radical (unpaired) electrons. The molecule has 0 unspecified atom stereocenters. The van der Waals surface area contributed by atoms with E-state index in [-0.39, 0.29) is 0 Å². The number of hydrogen-bond acceptors (Lipinski definition) is 3. The summed E-state index contributed by atoms with van der Waals surface area (Å²) >= 11 is 5.18. The van der Waals surface area contributed by atoms with E-state index >= 15 is 0 Å². The van der Waals surface area contributed by atoms with E-state index in [1.807, 2.05) is 12.4 Å². The van der Waals surface area contributed by atoms with Crippen molar-refractivity contribution in [1.29, 1.82) is 0 Å². The minimum Gasteiger partial charge on any atom is -0.309 e. The summed E-state index contributed by atoms with van der Waals surface area (Å²) in [6.45, 7) is 3.89. The number of pyridine rings is 1. The largest absolute Gasteiger partial charge is 0.309 e. The van der Waals surface area contributed by atoms with Gasteiger partial charge in [0.25, 0.3) is 0 Å². The highest BCUT2D eigenvalue weighted by Gasteiger charge is 1.99. The second-order valence-corrected chi connectivity index (χ2v) is 5.96. The smallest absolute Gasteiger partial charge is 0.0701 e. The van der Waals surface area contributed by atoms with E-state index in [1.165, 1.54) is 20.5 Å². The predicted molar refractivity (Wildman–Crippen MR) is 71.5 cm³/mol. The molecule has 0 amide bonds. The quantitative estimate of drug-likeness (QED) is 0.934. The summed E-state index contributed by atoms with van der Waals surface area (Å²) in [5.74, 6) is 0. The average molecular weight is 297 g/mol. The molecule has 0 saturated heterocycles. The van der Waals surface area contributed by atoms with Gasteiger partial charge in [-0.2, -0.15) is 0 Å². The molecule has 0 atom stereocenters. The number of rotatable bonds is 4. The number of nitrogens with one attached hydrogen (secondary N) is 1. The van der Waals surface area contributed by atoms with Crippen molar-refractivity contribution in [1.82, 2.24) is 10.3 Å². The van der Waals surface area contributed by atoms with Crippen LogP contribution in [0.15, 0.2) is 33.7 Å². The lowest BCUT2D eigenvalue weighted by Crippen LogP contribution is -2.13. The molecule has 0 aromatic carbocycles. The Bertz CT molecular complexity index is 468. The van der Waals surface area contributed by atoms with Gasteiger partial charge in [0, 0.05) is 25.5 Å². The zero-order chi connectivity index (χ0) is 11.4. The minimum absolute atomic E-state index is 0.891. The van der Waals surface area contributed by atoms with Gasteiger partial charge in [0.1, 0.15) is 0 Å². The summed E-state index contributed by atoms with van der Waals surface area (Å²) in [4.78, 5) is 4.08. The molecule has 0 aliphatic heterocycles. The van der Waals surface area contributed by atoms with E-state index in [0.717, 1.165) is 13.1 Å². The highest BCUT2D eigenvalue weighted by molar-refractivity contribution is 9.11. The predicted octanol–water partition coefficient (Wildman–Crippen LogP) is 3.50. The van der Waals surface area contributed by atoms with E-state index < -0.39 is 0 Å². The second-order valence-electron chi connectivity index (χ2n) is 3.66. The highest BCUT2D eigenvalue weighted by Crippen LogP contribution is 2.20. The van der Waals surface area contributed by atoms with Gasteiger partial charge in [-0.05, 0) is 57.1 Å². The van der Waals surface area contributed by atoms with Gasteiger partial charge in [-0.1, -0.05) is 0 Å². The summed E-state index contributed by atoms with van der Waals surface area (Å²) in [6, 6.07) is 4.21. The first kappa shape index (κ1) is 11.8. The van der Waals surface area contributed by atoms with E-state index in [4.69, 9.17) is 0 Å². The molecular weight excluding hydrogens is 284 g/mol. The van der Waals surface area contributed by atoms with Gasteiger partial charge in [-0.3, -0.25) is 4.98 Å². The highest BCUT2D eigenvalue weighted by atomic mass is 79.9. The fourth-order valence-electron chi connectivity index (χ4n) is 1.48. The zero-order valence-corrected chi connectivity index (χ0v) is 11.4. The number of thiophene rings is 1. The number of hydrogen-bond donors (Lipinski definition) is 1. The Morgan fingerprint density at radius 2 is 2.31 bits per heavy atom. The second kappa shape index (κ2) is 5.57. The van der Waals surface area contributed by atoms with Crippen LogP contribution < -0.4 is 5.32 Å². The summed E-state index contributed by atoms with van der Waals surface area (Å²) < 4.78 is 1.18. The average Bonchev–Trinajstić information content (AvgIpc) is 2.67. The normalized spacial score (nSPS) is 10.6. The van der Waals surface area contributed by atoms with Crippen LogP contribution in [-0.2, 0) is 13.1 Å². The van der Waals surface area contributed by atoms with E-state index in [0.29, 0.717) is 0 Å². The molecule has 0 saturated carbocycles. The van der Waals surface area contributed by atoms with Crippen molar-refractivity contribution in [3.8, 4) is 0 Å². The van der Waals surface area contributed by atoms with Crippen LogP contribution >= 0.6 is 27.3 Å². The van der Waals surface area contributed by atoms with Gasteiger partial charge in [0.05, 0.1) is 3.79 Å². The molecule has 0 aliphatic rings. The number of nitrogens with zero attached hydrogens (tertiary/aromatic N) is 1. The molecule has 2 aromatic rings. The van der Waals surface area contributed by atoms with Gasteiger partial charge >= 0.3 is 0 Å². The van der Waals surface area contributed by atoms with Crippen LogP contribution in [0.3, 0.4) is 0 Å². The Morgan fingerprint density at radius 1 is 1.44 bits per heavy atom. The van der Waals surface area contributed by atoms with E-state index in [2.05, 4.69) is 50.7 Å². The third-order valence-electron chi connectivity index (χ3n) is 2.40. The third kappa shape index (κ3) is 3.14. The maximum Gasteiger partial charge on any atom is 0.0701 e. The van der Waals surface area contributed by atoms with Crippen LogP contribution in [0.2, 0.25) is 0 Å². The SMILES string of the molecule is Cc1cnccc1CNCc1csc(Br)c1. The van der Waals surface area contributed by atoms with Crippen molar-refractivity contribution in [3.05, 3.63) is 50.4 Å². The Kier molecular flexibility index (Phi) is 4.09. The van der Waals surface area contributed by atoms with Crippen molar-refractivity contribution in [2.45, 2.75) is 20.0 Å². The lowest BCUT2D eigenvalue weighted by molar-refractivity contribution is 0.691. The summed E-state index contributed by atoms with van der Waals surface area (Å²) in [6.07, 6.45) is 3.74. The van der Waals surface area contributed by atoms with Crippen molar-refractivity contribution in [2.75, 3.05) is 0 Å². The Labute approximate surface area is 108 Å². The van der Waals surface area contributed by atoms with E-state index in [1.54, 1.807) is 11.3 Å². The van der Waals surface area contributed by atoms with Crippen molar-refractivity contribution in [2.24, 2.45) is 0 Å². The van der Waals surface area contributed by atoms with Crippen LogP contribution in [-0.4, -0.2) is 4.98 Å². The molecule has 0 bridgehead atoms. The van der Waals surface area contributed by atoms with Crippen LogP contribution in [0, 0.1) is 6.92 Å². The Morgan fingerprint density at radius 3 is 3.00 bits per heavy atom. The number of halogens is 1. The van der Waals surface area contributed by atoms with Crippen LogP contribution in [0.1, 0.15) is 16.7 Å². The van der Waals surface area contributed by atoms with Gasteiger partial charge in [-0.25, -0.2) is 0 Å². The molecule has 0 aliphatic carbocycles. The first-order valence-corrected chi connectivity index (χ1v) is 6.76. The Hall–Kier alpha value is -0.710. The van der Waals surface area contributed by atoms with Gasteiger partial charge in [-0.15, -0.1) is 11.3 Å². The maximum absolute atomic E-state index is 4.08. The summed E-state index contributed by atoms with van der Waals surface area (Å²) in [5.41, 5.74) is 3.87. The molecule has 2 heterocycles. The lowest BCUT2D eigenvalue weighted by Gasteiger charge is -2.05. The van der Waals surface area contributed by atoms with Gasteiger partial charge in [0.15, 0.2) is 0 Å². The lowest BCUT2D eigenvalue weighted by atomic mass is 10.1. The van der Waals surface area contributed by atoms with Crippen molar-refractivity contribution in [3.63, 3.8) is 0 Å². The molecule has 2 rings (SSSR count). The number of aryl methyl sites for hydroxylation is 1. The molecule has 84 valence electrons. The topological polar surface area (TPSA) is 24.9 Å². The molecule has 2 aromatic heterocycles. The number of aromatic nitrogens is 1. The van der Waals surface area contributed by atoms with Crippen molar-refractivity contribution < 1.29 is 0 Å². The molecule has 1 N–H and O–H groups in total. The molecular formula is C12H13BrN2S. The maximum atomic E-state index is 4.08. The van der Waals surface area contributed by atoms with Gasteiger partial charge < -0.3 is 5.32 Å². The van der Waals surface area contributed by atoms with Crippen LogP contribution in [0.4, 0.5) is 0 Å². The fourth-order valence-corrected chi connectivity index (χ4v) is 2.69. The monoisotopic (exact) mass is 296 g/mol. The molecule has 0 spiro atoms. The van der Waals surface area contributed by atoms with Crippen molar-refractivity contribution >= 4 is 27.3 Å². The molecule has 2 nitrogen and oxygen atoms in total. The van der Waals surface area contributed by atoms with Gasteiger partial charge in [0.2, 0.25) is 0 Å². The van der Waals surface area contributed by atoms with E-state index in [9.17, 15) is 0 Å². The Balaban J connectivity index is 1.87. The molecule has 4 heteroatoms.